The number of esters is 1. The zero-order valence-corrected chi connectivity index (χ0v) is 16.1. The van der Waals surface area contributed by atoms with Crippen LogP contribution < -0.4 is 0 Å². The molecule has 2 heterocycles. The topological polar surface area (TPSA) is 73.3 Å². The number of thioether (sulfide) groups is 1. The fraction of sp³-hybridized carbons (Fsp3) is 0.167. The predicted octanol–water partition coefficient (Wildman–Crippen LogP) is 3.90. The number of carbonyl (C=O) groups excluding carboxylic acids is 1. The highest BCUT2D eigenvalue weighted by Gasteiger charge is 2.27. The molecular weight excluding hydrogens is 434 g/mol. The van der Waals surface area contributed by atoms with Crippen LogP contribution in [0.4, 0.5) is 0 Å². The first-order valence-corrected chi connectivity index (χ1v) is 10.3. The zero-order valence-electron chi connectivity index (χ0n) is 11.3. The molecule has 0 aliphatic heterocycles. The highest BCUT2D eigenvalue weighted by molar-refractivity contribution is 9.10. The second kappa shape index (κ2) is 6.88. The lowest BCUT2D eigenvalue weighted by Crippen LogP contribution is -2.03. The van der Waals surface area contributed by atoms with Crippen LogP contribution in [0.3, 0.4) is 0 Å². The van der Waals surface area contributed by atoms with Gasteiger partial charge >= 0.3 is 5.97 Å². The molecule has 2 aromatic heterocycles. The lowest BCUT2D eigenvalue weighted by Gasteiger charge is -2.05. The Morgan fingerprint density at radius 3 is 2.68 bits per heavy atom. The molecule has 0 spiro atoms. The highest BCUT2D eigenvalue weighted by atomic mass is 79.9. The molecule has 118 valence electrons. The molecule has 5 nitrogen and oxygen atoms in total. The van der Waals surface area contributed by atoms with Crippen molar-refractivity contribution in [3.8, 4) is 0 Å². The highest BCUT2D eigenvalue weighted by Crippen LogP contribution is 2.37. The maximum Gasteiger partial charge on any atom is 0.348 e. The van der Waals surface area contributed by atoms with E-state index < -0.39 is 15.8 Å². The van der Waals surface area contributed by atoms with Gasteiger partial charge in [0.2, 0.25) is 9.84 Å². The van der Waals surface area contributed by atoms with Gasteiger partial charge in [0.05, 0.1) is 26.1 Å². The summed E-state index contributed by atoms with van der Waals surface area (Å²) in [7, 11) is -2.58. The first-order chi connectivity index (χ1) is 10.3. The minimum atomic E-state index is -3.83. The van der Waals surface area contributed by atoms with Crippen LogP contribution in [0.2, 0.25) is 5.02 Å². The van der Waals surface area contributed by atoms with E-state index in [9.17, 15) is 13.2 Å². The summed E-state index contributed by atoms with van der Waals surface area (Å²) >= 11 is 11.3. The number of hydrogen-bond donors (Lipinski definition) is 0. The molecule has 0 fully saturated rings. The third kappa shape index (κ3) is 3.33. The molecular formula is C12H9BrClNO4S3. The van der Waals surface area contributed by atoms with Crippen molar-refractivity contribution in [3.63, 3.8) is 0 Å². The fourth-order valence-electron chi connectivity index (χ4n) is 1.57. The maximum atomic E-state index is 12.7. The molecule has 0 aliphatic rings. The number of carbonyl (C=O) groups is 1. The lowest BCUT2D eigenvalue weighted by atomic mass is 10.5. The van der Waals surface area contributed by atoms with Gasteiger partial charge in [-0.25, -0.2) is 18.2 Å². The van der Waals surface area contributed by atoms with E-state index in [2.05, 4.69) is 25.7 Å². The van der Waals surface area contributed by atoms with E-state index in [1.165, 1.54) is 37.2 Å². The molecule has 0 radical (unpaired) electrons. The number of aromatic nitrogens is 1. The number of ether oxygens (including phenoxy) is 1. The van der Waals surface area contributed by atoms with E-state index in [0.29, 0.717) is 8.81 Å². The van der Waals surface area contributed by atoms with Gasteiger partial charge in [0, 0.05) is 6.20 Å². The monoisotopic (exact) mass is 441 g/mol. The molecule has 22 heavy (non-hydrogen) atoms. The van der Waals surface area contributed by atoms with Gasteiger partial charge in [-0.15, -0.1) is 23.1 Å². The van der Waals surface area contributed by atoms with Gasteiger partial charge in [0.25, 0.3) is 0 Å². The molecule has 0 bridgehead atoms. The maximum absolute atomic E-state index is 12.7. The third-order valence-electron chi connectivity index (χ3n) is 2.61. The average molecular weight is 443 g/mol. The van der Waals surface area contributed by atoms with Crippen LogP contribution in [0.25, 0.3) is 0 Å². The molecule has 0 atom stereocenters. The van der Waals surface area contributed by atoms with Gasteiger partial charge in [0.1, 0.15) is 9.48 Å². The van der Waals surface area contributed by atoms with Crippen molar-refractivity contribution < 1.29 is 17.9 Å². The minimum absolute atomic E-state index is 0.0368. The van der Waals surface area contributed by atoms with Crippen molar-refractivity contribution in [2.45, 2.75) is 14.0 Å². The van der Waals surface area contributed by atoms with Crippen LogP contribution in [-0.4, -0.2) is 32.7 Å². The Morgan fingerprint density at radius 2 is 2.14 bits per heavy atom. The summed E-state index contributed by atoms with van der Waals surface area (Å²) < 4.78 is 30.9. The quantitative estimate of drug-likeness (QED) is 0.406. The predicted molar refractivity (Wildman–Crippen MR) is 89.8 cm³/mol. The van der Waals surface area contributed by atoms with Gasteiger partial charge in [-0.2, -0.15) is 0 Å². The van der Waals surface area contributed by atoms with Crippen LogP contribution in [0.5, 0.6) is 0 Å². The molecule has 0 saturated heterocycles. The summed E-state index contributed by atoms with van der Waals surface area (Å²) in [6.45, 7) is 0. The number of sulfone groups is 1. The van der Waals surface area contributed by atoms with Crippen molar-refractivity contribution in [2.24, 2.45) is 0 Å². The zero-order chi connectivity index (χ0) is 16.5. The molecule has 0 amide bonds. The van der Waals surface area contributed by atoms with Crippen LogP contribution in [-0.2, 0) is 14.6 Å². The van der Waals surface area contributed by atoms with Crippen molar-refractivity contribution in [3.05, 3.63) is 32.8 Å². The number of nitrogens with zero attached hydrogens (tertiary/aromatic N) is 1. The third-order valence-corrected chi connectivity index (χ3v) is 8.01. The first-order valence-electron chi connectivity index (χ1n) is 5.63. The van der Waals surface area contributed by atoms with E-state index >= 15 is 0 Å². The summed E-state index contributed by atoms with van der Waals surface area (Å²) in [5, 5.41) is 0.190. The van der Waals surface area contributed by atoms with Crippen LogP contribution in [0, 0.1) is 0 Å². The summed E-state index contributed by atoms with van der Waals surface area (Å²) in [5.74, 6) is -0.575. The van der Waals surface area contributed by atoms with E-state index in [0.717, 1.165) is 11.3 Å². The Morgan fingerprint density at radius 1 is 1.45 bits per heavy atom. The van der Waals surface area contributed by atoms with Gasteiger partial charge < -0.3 is 4.74 Å². The average Bonchev–Trinajstić information content (AvgIpc) is 2.94. The molecule has 0 aliphatic carbocycles. The van der Waals surface area contributed by atoms with Gasteiger partial charge in [-0.3, -0.25) is 0 Å². The number of pyridine rings is 1. The largest absolute Gasteiger partial charge is 0.465 e. The van der Waals surface area contributed by atoms with Gasteiger partial charge in [-0.05, 0) is 34.3 Å². The Kier molecular flexibility index (Phi) is 5.54. The van der Waals surface area contributed by atoms with E-state index in [1.807, 2.05) is 0 Å². The van der Waals surface area contributed by atoms with Crippen molar-refractivity contribution in [1.29, 1.82) is 0 Å². The summed E-state index contributed by atoms with van der Waals surface area (Å²) in [6, 6.07) is 2.63. The summed E-state index contributed by atoms with van der Waals surface area (Å²) in [5.41, 5.74) is 0. The van der Waals surface area contributed by atoms with E-state index in [4.69, 9.17) is 11.6 Å². The second-order valence-corrected chi connectivity index (χ2v) is 9.11. The number of thiophene rings is 1. The molecule has 2 rings (SSSR count). The van der Waals surface area contributed by atoms with E-state index in [-0.39, 0.29) is 19.7 Å². The smallest absolute Gasteiger partial charge is 0.348 e. The van der Waals surface area contributed by atoms with Crippen LogP contribution in [0.15, 0.2) is 36.9 Å². The molecule has 0 aromatic carbocycles. The van der Waals surface area contributed by atoms with Crippen molar-refractivity contribution in [1.82, 2.24) is 4.98 Å². The summed E-state index contributed by atoms with van der Waals surface area (Å²) in [4.78, 5) is 15.7. The van der Waals surface area contributed by atoms with Crippen molar-refractivity contribution >= 4 is 66.4 Å². The number of methoxy groups -OCH3 is 1. The normalized spacial score (nSPS) is 11.5. The molecule has 2 aromatic rings. The van der Waals surface area contributed by atoms with E-state index in [1.54, 1.807) is 6.26 Å². The van der Waals surface area contributed by atoms with Crippen molar-refractivity contribution in [2.75, 3.05) is 13.4 Å². The van der Waals surface area contributed by atoms with Gasteiger partial charge in [-0.1, -0.05) is 11.6 Å². The first kappa shape index (κ1) is 17.7. The van der Waals surface area contributed by atoms with Crippen LogP contribution >= 0.6 is 50.6 Å². The fourth-order valence-corrected chi connectivity index (χ4v) is 5.90. The Bertz CT molecular complexity index is 835. The Labute approximate surface area is 149 Å². The standard InChI is InChI=1S/C12H9BrClNO4S3/c1-19-11(16)8-4-9(12(20-2)21-8)22(17,18)6-3-7(14)10(13)15-5-6/h3-5H,1-2H3. The minimum Gasteiger partial charge on any atom is -0.465 e. The number of rotatable bonds is 4. The van der Waals surface area contributed by atoms with Crippen LogP contribution in [0.1, 0.15) is 9.67 Å². The Hall–Kier alpha value is -0.610. The molecule has 10 heteroatoms. The number of hydrogen-bond acceptors (Lipinski definition) is 7. The molecule has 0 unspecified atom stereocenters. The lowest BCUT2D eigenvalue weighted by molar-refractivity contribution is 0.0606. The second-order valence-electron chi connectivity index (χ2n) is 3.91. The molecule has 0 N–H and O–H groups in total. The van der Waals surface area contributed by atoms with Gasteiger partial charge in [0.15, 0.2) is 0 Å². The molecule has 0 saturated carbocycles. The Balaban J connectivity index is 2.60. The SMILES string of the molecule is COC(=O)c1cc(S(=O)(=O)c2cnc(Br)c(Cl)c2)c(SC)s1. The number of halogens is 2. The summed E-state index contributed by atoms with van der Waals surface area (Å²) in [6.07, 6.45) is 2.95.